The number of hydrogen-bond acceptors (Lipinski definition) is 5. The fraction of sp³-hybridized carbons (Fsp3) is 0.348. The molecule has 1 N–H and O–H groups in total. The van der Waals surface area contributed by atoms with Gasteiger partial charge >= 0.3 is 12.1 Å². The maximum absolute atomic E-state index is 12.7. The van der Waals surface area contributed by atoms with E-state index in [-0.39, 0.29) is 36.2 Å². The van der Waals surface area contributed by atoms with Crippen LogP contribution in [-0.2, 0) is 16.1 Å². The Kier molecular flexibility index (Phi) is 7.75. The highest BCUT2D eigenvalue weighted by Gasteiger charge is 2.38. The number of nitrogens with one attached hydrogen (secondary N) is 1. The van der Waals surface area contributed by atoms with E-state index in [1.54, 1.807) is 23.5 Å². The fourth-order valence-electron chi connectivity index (χ4n) is 3.51. The van der Waals surface area contributed by atoms with Crippen LogP contribution in [0.15, 0.2) is 47.6 Å². The maximum atomic E-state index is 12.7. The van der Waals surface area contributed by atoms with Crippen molar-refractivity contribution < 1.29 is 36.6 Å². The third kappa shape index (κ3) is 5.83. The number of rotatable bonds is 8. The Morgan fingerprint density at radius 2 is 1.88 bits per heavy atom. The quantitative estimate of drug-likeness (QED) is 0.556. The fourth-order valence-corrected chi connectivity index (χ4v) is 3.51. The van der Waals surface area contributed by atoms with Gasteiger partial charge in [-0.15, -0.1) is 0 Å². The van der Waals surface area contributed by atoms with E-state index in [4.69, 9.17) is 9.47 Å². The number of anilines is 1. The average molecular weight is 481 g/mol. The molecule has 1 aliphatic heterocycles. The lowest BCUT2D eigenvalue weighted by Gasteiger charge is -2.29. The molecule has 2 aromatic carbocycles. The van der Waals surface area contributed by atoms with Crippen LogP contribution in [0, 0.1) is 5.92 Å². The molecule has 0 spiro atoms. The van der Waals surface area contributed by atoms with Crippen molar-refractivity contribution in [2.24, 2.45) is 11.0 Å². The Bertz CT molecular complexity index is 1070. The van der Waals surface area contributed by atoms with Crippen LogP contribution in [0.3, 0.4) is 0 Å². The Labute approximate surface area is 193 Å². The summed E-state index contributed by atoms with van der Waals surface area (Å²) < 4.78 is 60.0. The Hall–Kier alpha value is -3.63. The van der Waals surface area contributed by atoms with Crippen molar-refractivity contribution in [1.29, 1.82) is 0 Å². The van der Waals surface area contributed by atoms with Gasteiger partial charge in [0.25, 0.3) is 0 Å². The molecule has 11 heteroatoms. The lowest BCUT2D eigenvalue weighted by Crippen LogP contribution is -2.36. The minimum absolute atomic E-state index is 0.0195. The molecule has 0 radical (unpaired) electrons. The van der Waals surface area contributed by atoms with Crippen molar-refractivity contribution in [3.05, 3.63) is 53.6 Å². The molecule has 0 bridgehead atoms. The van der Waals surface area contributed by atoms with Crippen LogP contribution in [0.4, 0.5) is 23.2 Å². The third-order valence-corrected chi connectivity index (χ3v) is 5.29. The number of halogens is 4. The Morgan fingerprint density at radius 3 is 2.47 bits per heavy atom. The van der Waals surface area contributed by atoms with Gasteiger partial charge in [0.2, 0.25) is 12.8 Å². The first-order chi connectivity index (χ1) is 16.2. The average Bonchev–Trinajstić information content (AvgIpc) is 2.81. The van der Waals surface area contributed by atoms with Crippen LogP contribution in [0.5, 0.6) is 11.5 Å². The molecule has 3 rings (SSSR count). The largest absolute Gasteiger partial charge is 0.493 e. The van der Waals surface area contributed by atoms with E-state index in [9.17, 15) is 27.2 Å². The lowest BCUT2D eigenvalue weighted by atomic mass is 9.89. The van der Waals surface area contributed by atoms with Gasteiger partial charge in [-0.25, -0.2) is 9.40 Å². The molecular weight excluding hydrogens is 458 g/mol. The topological polar surface area (TPSA) is 80.2 Å². The number of nitrogens with zero attached hydrogens (tertiary/aromatic N) is 2. The van der Waals surface area contributed by atoms with Crippen LogP contribution in [-0.4, -0.2) is 42.7 Å². The number of carbonyl (C=O) groups is 2. The highest BCUT2D eigenvalue weighted by atomic mass is 19.4. The van der Waals surface area contributed by atoms with E-state index < -0.39 is 18.9 Å². The summed E-state index contributed by atoms with van der Waals surface area (Å²) in [5.41, 5.74) is 1.94. The molecule has 1 unspecified atom stereocenters. The number of methoxy groups -OCH3 is 1. The predicted octanol–water partition coefficient (Wildman–Crippen LogP) is 4.66. The smallest absolute Gasteiger partial charge is 0.471 e. The summed E-state index contributed by atoms with van der Waals surface area (Å²) in [6.45, 7) is 1.02. The standard InChI is InChI=1S/C23H23F4N3O4/c1-3-15-11-20(31)30(12-14-4-7-17(8-5-14)28-22(32)23(25,26)27)29-21(15)16-6-9-18(34-13-24)19(10-16)33-2/h4-10,15H,3,11-13H2,1-2H3,(H,28,32). The second-order valence-corrected chi connectivity index (χ2v) is 7.51. The van der Waals surface area contributed by atoms with Crippen LogP contribution < -0.4 is 14.8 Å². The number of benzene rings is 2. The molecule has 2 amide bonds. The molecule has 2 aromatic rings. The predicted molar refractivity (Wildman–Crippen MR) is 116 cm³/mol. The van der Waals surface area contributed by atoms with Gasteiger partial charge in [-0.3, -0.25) is 9.59 Å². The first kappa shape index (κ1) is 25.0. The summed E-state index contributed by atoms with van der Waals surface area (Å²) >= 11 is 0. The Morgan fingerprint density at radius 1 is 1.18 bits per heavy atom. The zero-order chi connectivity index (χ0) is 24.9. The van der Waals surface area contributed by atoms with Gasteiger partial charge in [0.05, 0.1) is 19.4 Å². The number of carbonyl (C=O) groups excluding carboxylic acids is 2. The second kappa shape index (κ2) is 10.5. The minimum atomic E-state index is -4.99. The van der Waals surface area contributed by atoms with Gasteiger partial charge in [-0.05, 0) is 42.3 Å². The van der Waals surface area contributed by atoms with Crippen LogP contribution in [0.2, 0.25) is 0 Å². The summed E-state index contributed by atoms with van der Waals surface area (Å²) in [5, 5.41) is 7.61. The van der Waals surface area contributed by atoms with Gasteiger partial charge in [-0.1, -0.05) is 19.1 Å². The number of hydrazone groups is 1. The van der Waals surface area contributed by atoms with Crippen molar-refractivity contribution in [2.45, 2.75) is 32.5 Å². The summed E-state index contributed by atoms with van der Waals surface area (Å²) in [7, 11) is 1.43. The summed E-state index contributed by atoms with van der Waals surface area (Å²) in [5.74, 6) is -1.84. The van der Waals surface area contributed by atoms with Gasteiger partial charge < -0.3 is 14.8 Å². The van der Waals surface area contributed by atoms with E-state index in [2.05, 4.69) is 5.10 Å². The Balaban J connectivity index is 1.83. The number of amides is 2. The molecule has 1 heterocycles. The molecule has 0 aromatic heterocycles. The van der Waals surface area contributed by atoms with Crippen LogP contribution >= 0.6 is 0 Å². The molecule has 34 heavy (non-hydrogen) atoms. The highest BCUT2D eigenvalue weighted by molar-refractivity contribution is 6.06. The van der Waals surface area contributed by atoms with Crippen molar-refractivity contribution in [2.75, 3.05) is 19.3 Å². The normalized spacial score (nSPS) is 16.2. The van der Waals surface area contributed by atoms with Crippen molar-refractivity contribution in [1.82, 2.24) is 5.01 Å². The third-order valence-electron chi connectivity index (χ3n) is 5.29. The molecule has 0 aliphatic carbocycles. The molecule has 0 fully saturated rings. The van der Waals surface area contributed by atoms with Gasteiger partial charge in [-0.2, -0.15) is 18.3 Å². The summed E-state index contributed by atoms with van der Waals surface area (Å²) in [4.78, 5) is 23.8. The lowest BCUT2D eigenvalue weighted by molar-refractivity contribution is -0.167. The van der Waals surface area contributed by atoms with E-state index in [1.807, 2.05) is 6.92 Å². The molecule has 182 valence electrons. The van der Waals surface area contributed by atoms with Gasteiger partial charge in [0.1, 0.15) is 0 Å². The maximum Gasteiger partial charge on any atom is 0.471 e. The van der Waals surface area contributed by atoms with Crippen LogP contribution in [0.25, 0.3) is 0 Å². The van der Waals surface area contributed by atoms with Gasteiger partial charge in [0, 0.05) is 23.6 Å². The first-order valence-corrected chi connectivity index (χ1v) is 10.4. The minimum Gasteiger partial charge on any atom is -0.493 e. The van der Waals surface area contributed by atoms with E-state index in [1.165, 1.54) is 36.4 Å². The number of ether oxygens (including phenoxy) is 2. The van der Waals surface area contributed by atoms with Crippen molar-refractivity contribution >= 4 is 23.2 Å². The highest BCUT2D eigenvalue weighted by Crippen LogP contribution is 2.32. The summed E-state index contributed by atoms with van der Waals surface area (Å²) in [6.07, 6.45) is -4.10. The monoisotopic (exact) mass is 481 g/mol. The zero-order valence-corrected chi connectivity index (χ0v) is 18.5. The molecule has 0 saturated carbocycles. The zero-order valence-electron chi connectivity index (χ0n) is 18.5. The van der Waals surface area contributed by atoms with E-state index in [0.29, 0.717) is 29.0 Å². The number of hydrogen-bond donors (Lipinski definition) is 1. The van der Waals surface area contributed by atoms with E-state index >= 15 is 0 Å². The van der Waals surface area contributed by atoms with Gasteiger partial charge in [0.15, 0.2) is 11.5 Å². The first-order valence-electron chi connectivity index (χ1n) is 10.4. The SMILES string of the molecule is CCC1CC(=O)N(Cc2ccc(NC(=O)C(F)(F)F)cc2)N=C1c1ccc(OCF)c(OC)c1. The molecule has 1 atom stereocenters. The summed E-state index contributed by atoms with van der Waals surface area (Å²) in [6, 6.07) is 10.6. The second-order valence-electron chi connectivity index (χ2n) is 7.51. The molecule has 7 nitrogen and oxygen atoms in total. The molecule has 1 aliphatic rings. The molecular formula is C23H23F4N3O4. The van der Waals surface area contributed by atoms with E-state index in [0.717, 1.165) is 0 Å². The van der Waals surface area contributed by atoms with Crippen molar-refractivity contribution in [3.8, 4) is 11.5 Å². The van der Waals surface area contributed by atoms with Crippen LogP contribution in [0.1, 0.15) is 30.9 Å². The number of alkyl halides is 4. The molecule has 0 saturated heterocycles. The van der Waals surface area contributed by atoms with Crippen molar-refractivity contribution in [3.63, 3.8) is 0 Å².